The van der Waals surface area contributed by atoms with Gasteiger partial charge in [-0.1, -0.05) is 66.7 Å². The molecule has 2 bridgehead atoms. The van der Waals surface area contributed by atoms with Gasteiger partial charge in [0.15, 0.2) is 6.04 Å². The summed E-state index contributed by atoms with van der Waals surface area (Å²) in [7, 11) is 3.82. The van der Waals surface area contributed by atoms with Crippen LogP contribution in [-0.2, 0) is 20.7 Å². The first-order valence-electron chi connectivity index (χ1n) is 14.3. The summed E-state index contributed by atoms with van der Waals surface area (Å²) in [5, 5.41) is 0. The first kappa shape index (κ1) is 28.4. The van der Waals surface area contributed by atoms with E-state index < -0.39 is 24.1 Å². The van der Waals surface area contributed by atoms with Crippen molar-refractivity contribution in [2.75, 3.05) is 32.1 Å². The van der Waals surface area contributed by atoms with Crippen LogP contribution < -0.4 is 4.90 Å². The van der Waals surface area contributed by atoms with Gasteiger partial charge in [-0.3, -0.25) is 14.6 Å². The van der Waals surface area contributed by atoms with Gasteiger partial charge in [0.25, 0.3) is 0 Å². The maximum Gasteiger partial charge on any atom is 0.331 e. The lowest BCUT2D eigenvalue weighted by Crippen LogP contribution is -2.68. The highest BCUT2D eigenvalue weighted by Crippen LogP contribution is 2.38. The van der Waals surface area contributed by atoms with Crippen molar-refractivity contribution in [3.8, 4) is 0 Å². The van der Waals surface area contributed by atoms with Crippen molar-refractivity contribution in [3.63, 3.8) is 0 Å². The third-order valence-electron chi connectivity index (χ3n) is 8.08. The molecular formula is C33H38N4O4. The zero-order valence-corrected chi connectivity index (χ0v) is 23.9. The second kappa shape index (κ2) is 12.6. The summed E-state index contributed by atoms with van der Waals surface area (Å²) in [6.07, 6.45) is 1.91. The summed E-state index contributed by atoms with van der Waals surface area (Å²) in [5.41, 5.74) is 2.48. The molecule has 0 unspecified atom stereocenters. The summed E-state index contributed by atoms with van der Waals surface area (Å²) >= 11 is 0. The summed E-state index contributed by atoms with van der Waals surface area (Å²) in [5.74, 6) is -0.495. The number of carbonyl (C=O) groups is 3. The maximum absolute atomic E-state index is 14.4. The molecule has 2 aliphatic rings. The standard InChI is InChI=1S/C33H38N4O4/c1-4-41-32(39)30-28-21-20-27(37(28)31(38)29(34(2)3)22-24-14-8-5-9-15-24)23-35(30)33(40)36(25-16-10-6-11-17-25)26-18-12-7-13-19-26/h5-19,27-30H,4,20-23H2,1-3H3/t27-,28+,29+,30+/m0/s1. The van der Waals surface area contributed by atoms with Gasteiger partial charge in [-0.15, -0.1) is 0 Å². The Labute approximate surface area is 242 Å². The molecule has 41 heavy (non-hydrogen) atoms. The topological polar surface area (TPSA) is 73.4 Å². The molecule has 214 valence electrons. The molecule has 3 amide bonds. The lowest BCUT2D eigenvalue weighted by Gasteiger charge is -2.48. The molecule has 0 aromatic heterocycles. The summed E-state index contributed by atoms with van der Waals surface area (Å²) in [6, 6.07) is 26.6. The number of anilines is 2. The van der Waals surface area contributed by atoms with E-state index >= 15 is 0 Å². The van der Waals surface area contributed by atoms with Crippen LogP contribution in [0.1, 0.15) is 25.3 Å². The number of amides is 3. The number of likely N-dealkylation sites (N-methyl/N-ethyl adjacent to an activating group) is 1. The number of esters is 1. The predicted octanol–water partition coefficient (Wildman–Crippen LogP) is 4.72. The smallest absolute Gasteiger partial charge is 0.331 e. The van der Waals surface area contributed by atoms with Crippen LogP contribution in [0.3, 0.4) is 0 Å². The quantitative estimate of drug-likeness (QED) is 0.377. The van der Waals surface area contributed by atoms with Crippen LogP contribution in [0.5, 0.6) is 0 Å². The van der Waals surface area contributed by atoms with E-state index in [-0.39, 0.29) is 31.1 Å². The zero-order chi connectivity index (χ0) is 28.9. The second-order valence-corrected chi connectivity index (χ2v) is 10.9. The Balaban J connectivity index is 1.49. The third-order valence-corrected chi connectivity index (χ3v) is 8.08. The van der Waals surface area contributed by atoms with Crippen molar-refractivity contribution in [1.82, 2.24) is 14.7 Å². The molecule has 3 aromatic carbocycles. The fourth-order valence-electron chi connectivity index (χ4n) is 6.15. The minimum absolute atomic E-state index is 0.0178. The van der Waals surface area contributed by atoms with E-state index in [4.69, 9.17) is 4.74 Å². The summed E-state index contributed by atoms with van der Waals surface area (Å²) < 4.78 is 5.54. The van der Waals surface area contributed by atoms with Gasteiger partial charge in [0.05, 0.1) is 30.1 Å². The molecule has 2 fully saturated rings. The molecular weight excluding hydrogens is 516 g/mol. The van der Waals surface area contributed by atoms with Gasteiger partial charge in [-0.25, -0.2) is 9.59 Å². The molecule has 5 rings (SSSR count). The van der Waals surface area contributed by atoms with Crippen molar-refractivity contribution in [3.05, 3.63) is 96.6 Å². The Morgan fingerprint density at radius 1 is 0.854 bits per heavy atom. The number of hydrogen-bond acceptors (Lipinski definition) is 5. The van der Waals surface area contributed by atoms with Crippen LogP contribution in [0.25, 0.3) is 0 Å². The average Bonchev–Trinajstić information content (AvgIpc) is 3.29. The highest BCUT2D eigenvalue weighted by Gasteiger charge is 2.54. The number of ether oxygens (including phenoxy) is 1. The predicted molar refractivity (Wildman–Crippen MR) is 159 cm³/mol. The molecule has 0 radical (unpaired) electrons. The molecule has 2 heterocycles. The number of hydrogen-bond donors (Lipinski definition) is 0. The van der Waals surface area contributed by atoms with Gasteiger partial charge < -0.3 is 14.5 Å². The normalized spacial score (nSPS) is 20.5. The van der Waals surface area contributed by atoms with Gasteiger partial charge in [0.1, 0.15) is 0 Å². The van der Waals surface area contributed by atoms with Crippen LogP contribution in [0.4, 0.5) is 16.2 Å². The molecule has 2 saturated heterocycles. The monoisotopic (exact) mass is 554 g/mol. The highest BCUT2D eigenvalue weighted by molar-refractivity contribution is 6.01. The summed E-state index contributed by atoms with van der Waals surface area (Å²) in [4.78, 5) is 49.3. The van der Waals surface area contributed by atoms with Gasteiger partial charge in [0.2, 0.25) is 5.91 Å². The van der Waals surface area contributed by atoms with E-state index in [0.29, 0.717) is 24.2 Å². The highest BCUT2D eigenvalue weighted by atomic mass is 16.5. The lowest BCUT2D eigenvalue weighted by atomic mass is 9.98. The van der Waals surface area contributed by atoms with E-state index in [0.717, 1.165) is 12.0 Å². The molecule has 0 spiro atoms. The molecule has 0 aliphatic carbocycles. The van der Waals surface area contributed by atoms with Crippen molar-refractivity contribution in [1.29, 1.82) is 0 Å². The minimum atomic E-state index is -0.903. The maximum atomic E-state index is 14.4. The van der Waals surface area contributed by atoms with Crippen LogP contribution in [0.15, 0.2) is 91.0 Å². The Morgan fingerprint density at radius 2 is 1.41 bits per heavy atom. The largest absolute Gasteiger partial charge is 0.464 e. The van der Waals surface area contributed by atoms with Crippen molar-refractivity contribution < 1.29 is 19.1 Å². The summed E-state index contributed by atoms with van der Waals surface area (Å²) in [6.45, 7) is 2.21. The minimum Gasteiger partial charge on any atom is -0.464 e. The number of benzene rings is 3. The van der Waals surface area contributed by atoms with Gasteiger partial charge in [-0.2, -0.15) is 0 Å². The van der Waals surface area contributed by atoms with E-state index in [2.05, 4.69) is 0 Å². The molecule has 8 nitrogen and oxygen atoms in total. The first-order valence-corrected chi connectivity index (χ1v) is 14.3. The van der Waals surface area contributed by atoms with Crippen molar-refractivity contribution in [2.24, 2.45) is 0 Å². The SMILES string of the molecule is CCOC(=O)[C@H]1[C@H]2CC[C@@H](CN1C(=O)N(c1ccccc1)c1ccccc1)N2C(=O)[C@@H](Cc1ccccc1)N(C)C. The molecule has 2 aliphatic heterocycles. The van der Waals surface area contributed by atoms with Crippen molar-refractivity contribution >= 4 is 29.3 Å². The van der Waals surface area contributed by atoms with Gasteiger partial charge >= 0.3 is 12.0 Å². The first-order chi connectivity index (χ1) is 19.9. The number of likely N-dealkylation sites (tertiary alicyclic amines) is 1. The Hall–Kier alpha value is -4.17. The molecule has 4 atom stereocenters. The Bertz CT molecular complexity index is 1300. The molecule has 8 heteroatoms. The number of fused-ring (bicyclic) bond motifs is 2. The zero-order valence-electron chi connectivity index (χ0n) is 23.9. The molecule has 0 saturated carbocycles. The second-order valence-electron chi connectivity index (χ2n) is 10.9. The van der Waals surface area contributed by atoms with Gasteiger partial charge in [-0.05, 0) is 70.1 Å². The van der Waals surface area contributed by atoms with E-state index in [1.807, 2.05) is 115 Å². The lowest BCUT2D eigenvalue weighted by molar-refractivity contribution is -0.157. The number of rotatable bonds is 8. The number of piperazine rings is 1. The number of carbonyl (C=O) groups excluding carboxylic acids is 3. The number of nitrogens with zero attached hydrogens (tertiary/aromatic N) is 4. The Morgan fingerprint density at radius 3 is 1.95 bits per heavy atom. The fourth-order valence-corrected chi connectivity index (χ4v) is 6.15. The van der Waals surface area contributed by atoms with Crippen molar-refractivity contribution in [2.45, 2.75) is 50.4 Å². The third kappa shape index (κ3) is 5.84. The molecule has 3 aromatic rings. The van der Waals surface area contributed by atoms with E-state index in [1.165, 1.54) is 0 Å². The molecule has 0 N–H and O–H groups in total. The van der Waals surface area contributed by atoms with E-state index in [9.17, 15) is 14.4 Å². The van der Waals surface area contributed by atoms with Crippen LogP contribution >= 0.6 is 0 Å². The van der Waals surface area contributed by atoms with E-state index in [1.54, 1.807) is 16.7 Å². The van der Waals surface area contributed by atoms with Gasteiger partial charge in [0, 0.05) is 12.6 Å². The van der Waals surface area contributed by atoms with Crippen LogP contribution in [-0.4, -0.2) is 84.0 Å². The van der Waals surface area contributed by atoms with Crippen LogP contribution in [0.2, 0.25) is 0 Å². The number of urea groups is 1. The Kier molecular flexibility index (Phi) is 8.69. The fraction of sp³-hybridized carbons (Fsp3) is 0.364. The average molecular weight is 555 g/mol. The van der Waals surface area contributed by atoms with Crippen LogP contribution in [0, 0.1) is 0 Å². The number of para-hydroxylation sites is 2.